The molecule has 0 spiro atoms. The number of nitrogens with two attached hydrogens (primary N) is 1. The molecule has 0 radical (unpaired) electrons. The van der Waals surface area contributed by atoms with Gasteiger partial charge in [-0.25, -0.2) is 5.90 Å². The predicted molar refractivity (Wildman–Crippen MR) is 84.9 cm³/mol. The van der Waals surface area contributed by atoms with Crippen LogP contribution in [-0.2, 0) is 4.84 Å². The summed E-state index contributed by atoms with van der Waals surface area (Å²) in [6.07, 6.45) is 8.40. The van der Waals surface area contributed by atoms with Gasteiger partial charge in [-0.3, -0.25) is 0 Å². The van der Waals surface area contributed by atoms with Crippen molar-refractivity contribution in [2.24, 2.45) is 23.1 Å². The molecule has 2 fully saturated rings. The number of rotatable bonds is 2. The smallest absolute Gasteiger partial charge is 0.0748 e. The summed E-state index contributed by atoms with van der Waals surface area (Å²) in [6.45, 7) is 3.22. The van der Waals surface area contributed by atoms with Crippen LogP contribution in [-0.4, -0.2) is 6.61 Å². The maximum absolute atomic E-state index is 5.42. The summed E-state index contributed by atoms with van der Waals surface area (Å²) < 4.78 is 0. The van der Waals surface area contributed by atoms with Crippen LogP contribution in [0.2, 0.25) is 0 Å². The number of hydrogen-bond donors (Lipinski definition) is 1. The largest absolute Gasteiger partial charge is 0.304 e. The molecule has 0 bridgehead atoms. The average Bonchev–Trinajstić information content (AvgIpc) is 2.90. The van der Waals surface area contributed by atoms with Gasteiger partial charge in [0.1, 0.15) is 0 Å². The van der Waals surface area contributed by atoms with Gasteiger partial charge in [0.15, 0.2) is 0 Å². The van der Waals surface area contributed by atoms with Gasteiger partial charge in [0.25, 0.3) is 0 Å². The second-order valence-corrected chi connectivity index (χ2v) is 7.86. The highest BCUT2D eigenvalue weighted by atomic mass is 16.6. The molecule has 1 aromatic rings. The van der Waals surface area contributed by atoms with Gasteiger partial charge < -0.3 is 4.84 Å². The fourth-order valence-corrected chi connectivity index (χ4v) is 5.95. The highest BCUT2D eigenvalue weighted by Crippen LogP contribution is 2.62. The molecule has 0 amide bonds. The molecule has 0 heterocycles. The van der Waals surface area contributed by atoms with Crippen molar-refractivity contribution in [3.63, 3.8) is 0 Å². The van der Waals surface area contributed by atoms with Crippen LogP contribution >= 0.6 is 0 Å². The lowest BCUT2D eigenvalue weighted by atomic mass is 9.54. The molecule has 0 aliphatic heterocycles. The third-order valence-electron chi connectivity index (χ3n) is 6.91. The Balaban J connectivity index is 1.73. The van der Waals surface area contributed by atoms with Crippen LogP contribution in [0.25, 0.3) is 0 Å². The SMILES string of the molecule is C[C@@]12CCC[C@H]1[C@H]1C[C@@H](CON)c3ccccc3[C@H]1CC2. The van der Waals surface area contributed by atoms with Gasteiger partial charge in [-0.2, -0.15) is 0 Å². The van der Waals surface area contributed by atoms with Crippen LogP contribution in [0, 0.1) is 17.3 Å². The molecule has 2 saturated carbocycles. The summed E-state index contributed by atoms with van der Waals surface area (Å²) in [5.74, 6) is 8.47. The van der Waals surface area contributed by atoms with Crippen LogP contribution < -0.4 is 5.90 Å². The molecular weight excluding hydrogens is 258 g/mol. The van der Waals surface area contributed by atoms with Crippen molar-refractivity contribution < 1.29 is 4.84 Å². The van der Waals surface area contributed by atoms with Gasteiger partial charge >= 0.3 is 0 Å². The van der Waals surface area contributed by atoms with Crippen molar-refractivity contribution in [3.05, 3.63) is 35.4 Å². The van der Waals surface area contributed by atoms with E-state index in [4.69, 9.17) is 10.7 Å². The summed E-state index contributed by atoms with van der Waals surface area (Å²) >= 11 is 0. The fourth-order valence-electron chi connectivity index (χ4n) is 5.95. The first-order valence-corrected chi connectivity index (χ1v) is 8.63. The highest BCUT2D eigenvalue weighted by molar-refractivity contribution is 5.37. The number of fused-ring (bicyclic) bond motifs is 5. The first kappa shape index (κ1) is 13.8. The molecule has 5 atom stereocenters. The van der Waals surface area contributed by atoms with E-state index < -0.39 is 0 Å². The Morgan fingerprint density at radius 3 is 2.81 bits per heavy atom. The van der Waals surface area contributed by atoms with Gasteiger partial charge in [0, 0.05) is 5.92 Å². The number of benzene rings is 1. The summed E-state index contributed by atoms with van der Waals surface area (Å²) in [6, 6.07) is 9.06. The van der Waals surface area contributed by atoms with Gasteiger partial charge in [0.05, 0.1) is 6.61 Å². The molecule has 2 N–H and O–H groups in total. The van der Waals surface area contributed by atoms with Crippen molar-refractivity contribution >= 4 is 0 Å². The van der Waals surface area contributed by atoms with Gasteiger partial charge in [-0.15, -0.1) is 0 Å². The van der Waals surface area contributed by atoms with E-state index in [9.17, 15) is 0 Å². The van der Waals surface area contributed by atoms with Crippen molar-refractivity contribution in [1.29, 1.82) is 0 Å². The van der Waals surface area contributed by atoms with Crippen LogP contribution in [0.4, 0.5) is 0 Å². The van der Waals surface area contributed by atoms with Crippen molar-refractivity contribution in [2.75, 3.05) is 6.61 Å². The zero-order valence-corrected chi connectivity index (χ0v) is 13.1. The van der Waals surface area contributed by atoms with E-state index in [0.717, 1.165) is 17.8 Å². The minimum atomic E-state index is 0.496. The van der Waals surface area contributed by atoms with E-state index in [0.29, 0.717) is 17.9 Å². The van der Waals surface area contributed by atoms with E-state index in [2.05, 4.69) is 31.2 Å². The predicted octanol–water partition coefficient (Wildman–Crippen LogP) is 4.36. The topological polar surface area (TPSA) is 35.2 Å². The van der Waals surface area contributed by atoms with Crippen LogP contribution in [0.5, 0.6) is 0 Å². The van der Waals surface area contributed by atoms with Crippen LogP contribution in [0.15, 0.2) is 24.3 Å². The Kier molecular flexibility index (Phi) is 3.35. The monoisotopic (exact) mass is 285 g/mol. The molecule has 3 aliphatic carbocycles. The molecule has 0 unspecified atom stereocenters. The lowest BCUT2D eigenvalue weighted by Gasteiger charge is -2.50. The van der Waals surface area contributed by atoms with Crippen molar-refractivity contribution in [3.8, 4) is 0 Å². The molecule has 114 valence electrons. The Bertz CT molecular complexity index is 528. The van der Waals surface area contributed by atoms with E-state index >= 15 is 0 Å². The maximum atomic E-state index is 5.42. The molecule has 3 aliphatic rings. The third kappa shape index (κ3) is 2.07. The minimum absolute atomic E-state index is 0.496. The van der Waals surface area contributed by atoms with E-state index in [1.165, 1.54) is 44.1 Å². The number of hydrogen-bond acceptors (Lipinski definition) is 2. The van der Waals surface area contributed by atoms with Gasteiger partial charge in [-0.1, -0.05) is 37.6 Å². The zero-order chi connectivity index (χ0) is 14.4. The standard InChI is InChI=1S/C19H27NO/c1-19-9-4-7-18(19)17-11-13(12-21-20)14-5-2-3-6-15(14)16(17)8-10-19/h2-3,5-6,13,16-18H,4,7-12,20H2,1H3/t13-,16+,17-,18-,19-/m0/s1. The molecule has 2 nitrogen and oxygen atoms in total. The Morgan fingerprint density at radius 1 is 1.19 bits per heavy atom. The second kappa shape index (κ2) is 5.10. The Hall–Kier alpha value is -0.860. The molecule has 1 aromatic carbocycles. The summed E-state index contributed by atoms with van der Waals surface area (Å²) in [5, 5.41) is 0. The molecule has 0 saturated heterocycles. The zero-order valence-electron chi connectivity index (χ0n) is 13.1. The molecule has 2 heteroatoms. The van der Waals surface area contributed by atoms with Gasteiger partial charge in [0.2, 0.25) is 0 Å². The van der Waals surface area contributed by atoms with E-state index in [-0.39, 0.29) is 0 Å². The van der Waals surface area contributed by atoms with Crippen LogP contribution in [0.1, 0.15) is 68.4 Å². The lowest BCUT2D eigenvalue weighted by Crippen LogP contribution is -2.41. The first-order chi connectivity index (χ1) is 10.2. The normalized spacial score (nSPS) is 41.2. The molecule has 4 rings (SSSR count). The quantitative estimate of drug-likeness (QED) is 0.819. The summed E-state index contributed by atoms with van der Waals surface area (Å²) in [7, 11) is 0. The molecule has 21 heavy (non-hydrogen) atoms. The van der Waals surface area contributed by atoms with Crippen molar-refractivity contribution in [2.45, 2.75) is 57.3 Å². The third-order valence-corrected chi connectivity index (χ3v) is 6.91. The Labute approximate surface area is 128 Å². The maximum Gasteiger partial charge on any atom is 0.0748 e. The molecule has 0 aromatic heterocycles. The summed E-state index contributed by atoms with van der Waals surface area (Å²) in [4.78, 5) is 5.05. The van der Waals surface area contributed by atoms with E-state index in [1.807, 2.05) is 0 Å². The average molecular weight is 285 g/mol. The summed E-state index contributed by atoms with van der Waals surface area (Å²) in [5.41, 5.74) is 3.72. The van der Waals surface area contributed by atoms with E-state index in [1.54, 1.807) is 5.56 Å². The second-order valence-electron chi connectivity index (χ2n) is 7.86. The fraction of sp³-hybridized carbons (Fsp3) is 0.684. The lowest BCUT2D eigenvalue weighted by molar-refractivity contribution is 0.0381. The van der Waals surface area contributed by atoms with Crippen molar-refractivity contribution in [1.82, 2.24) is 0 Å². The first-order valence-electron chi connectivity index (χ1n) is 8.63. The highest BCUT2D eigenvalue weighted by Gasteiger charge is 2.51. The van der Waals surface area contributed by atoms with Gasteiger partial charge in [-0.05, 0) is 66.4 Å². The minimum Gasteiger partial charge on any atom is -0.304 e. The Morgan fingerprint density at radius 2 is 2.00 bits per heavy atom. The van der Waals surface area contributed by atoms with Crippen LogP contribution in [0.3, 0.4) is 0 Å². The molecular formula is C19H27NO.